The number of benzene rings is 2. The molecule has 4 rings (SSSR count). The van der Waals surface area contributed by atoms with Crippen LogP contribution in [0.1, 0.15) is 27.2 Å². The van der Waals surface area contributed by atoms with Crippen LogP contribution in [0.4, 0.5) is 5.69 Å². The standard InChI is InChI=1S/C26H23N3O4/c1-3-18-8-6-11-21(14-18)27-24(30)17-28(2)25(31)22-15-19-9-4-5-10-20(19)16-29(22)26(32)23-12-7-13-33-23/h1,4-14,22H,15-17H2,2H3,(H,27,30). The van der Waals surface area contributed by atoms with Crippen LogP contribution in [0.5, 0.6) is 0 Å². The van der Waals surface area contributed by atoms with Gasteiger partial charge in [-0.1, -0.05) is 36.3 Å². The molecule has 166 valence electrons. The summed E-state index contributed by atoms with van der Waals surface area (Å²) in [4.78, 5) is 41.9. The number of carbonyl (C=O) groups is 3. The summed E-state index contributed by atoms with van der Waals surface area (Å²) in [6.07, 6.45) is 7.19. The second-order valence-corrected chi connectivity index (χ2v) is 7.87. The maximum absolute atomic E-state index is 13.4. The van der Waals surface area contributed by atoms with Gasteiger partial charge in [0.2, 0.25) is 11.8 Å². The van der Waals surface area contributed by atoms with Crippen molar-refractivity contribution in [3.63, 3.8) is 0 Å². The number of likely N-dealkylation sites (N-methyl/N-ethyl adjacent to an activating group) is 1. The first-order valence-corrected chi connectivity index (χ1v) is 10.5. The third-order valence-electron chi connectivity index (χ3n) is 5.60. The molecule has 7 nitrogen and oxygen atoms in total. The zero-order chi connectivity index (χ0) is 23.4. The molecule has 33 heavy (non-hydrogen) atoms. The molecule has 1 aromatic heterocycles. The van der Waals surface area contributed by atoms with Gasteiger partial charge in [0, 0.05) is 31.3 Å². The molecule has 7 heteroatoms. The second kappa shape index (κ2) is 9.45. The predicted molar refractivity (Wildman–Crippen MR) is 123 cm³/mol. The van der Waals surface area contributed by atoms with Crippen molar-refractivity contribution in [1.82, 2.24) is 9.80 Å². The first-order chi connectivity index (χ1) is 16.0. The molecule has 1 N–H and O–H groups in total. The lowest BCUT2D eigenvalue weighted by Crippen LogP contribution is -2.53. The number of fused-ring (bicyclic) bond motifs is 1. The molecule has 3 amide bonds. The summed E-state index contributed by atoms with van der Waals surface area (Å²) in [5.41, 5.74) is 3.18. The lowest BCUT2D eigenvalue weighted by molar-refractivity contribution is -0.137. The Labute approximate surface area is 192 Å². The number of carbonyl (C=O) groups excluding carboxylic acids is 3. The SMILES string of the molecule is C#Cc1cccc(NC(=O)CN(C)C(=O)C2Cc3ccccc3CN2C(=O)c2ccco2)c1. The van der Waals surface area contributed by atoms with Crippen molar-refractivity contribution in [1.29, 1.82) is 0 Å². The maximum Gasteiger partial charge on any atom is 0.290 e. The van der Waals surface area contributed by atoms with Crippen LogP contribution in [0, 0.1) is 12.3 Å². The molecular formula is C26H23N3O4. The van der Waals surface area contributed by atoms with E-state index in [1.54, 1.807) is 43.4 Å². The van der Waals surface area contributed by atoms with Crippen molar-refractivity contribution < 1.29 is 18.8 Å². The molecule has 0 saturated carbocycles. The minimum Gasteiger partial charge on any atom is -0.459 e. The third-order valence-corrected chi connectivity index (χ3v) is 5.60. The van der Waals surface area contributed by atoms with Crippen molar-refractivity contribution >= 4 is 23.4 Å². The van der Waals surface area contributed by atoms with Gasteiger partial charge >= 0.3 is 0 Å². The molecular weight excluding hydrogens is 418 g/mol. The quantitative estimate of drug-likeness (QED) is 0.617. The maximum atomic E-state index is 13.4. The zero-order valence-electron chi connectivity index (χ0n) is 18.2. The molecule has 0 aliphatic carbocycles. The van der Waals surface area contributed by atoms with E-state index in [1.165, 1.54) is 16.1 Å². The molecule has 0 spiro atoms. The first-order valence-electron chi connectivity index (χ1n) is 10.5. The largest absolute Gasteiger partial charge is 0.459 e. The molecule has 1 atom stereocenters. The number of terminal acetylenes is 1. The number of furan rings is 1. The molecule has 2 aromatic carbocycles. The van der Waals surface area contributed by atoms with Crippen LogP contribution < -0.4 is 5.32 Å². The molecule has 1 unspecified atom stereocenters. The lowest BCUT2D eigenvalue weighted by Gasteiger charge is -2.37. The molecule has 0 fully saturated rings. The van der Waals surface area contributed by atoms with Crippen molar-refractivity contribution in [2.45, 2.75) is 19.0 Å². The van der Waals surface area contributed by atoms with Crippen LogP contribution in [0.2, 0.25) is 0 Å². The summed E-state index contributed by atoms with van der Waals surface area (Å²) in [5, 5.41) is 2.75. The summed E-state index contributed by atoms with van der Waals surface area (Å²) in [6.45, 7) is 0.116. The Bertz CT molecular complexity index is 1230. The molecule has 0 saturated heterocycles. The fourth-order valence-electron chi connectivity index (χ4n) is 3.93. The van der Waals surface area contributed by atoms with Crippen LogP contribution in [0.3, 0.4) is 0 Å². The number of nitrogens with zero attached hydrogens (tertiary/aromatic N) is 2. The summed E-state index contributed by atoms with van der Waals surface area (Å²) in [5.74, 6) is 1.64. The van der Waals surface area contributed by atoms with Crippen molar-refractivity contribution in [3.05, 3.63) is 89.4 Å². The summed E-state index contributed by atoms with van der Waals surface area (Å²) in [7, 11) is 1.55. The van der Waals surface area contributed by atoms with Gasteiger partial charge in [-0.15, -0.1) is 6.42 Å². The Hall–Kier alpha value is -4.31. The number of nitrogens with one attached hydrogen (secondary N) is 1. The Balaban J connectivity index is 1.50. The van der Waals surface area contributed by atoms with E-state index in [0.29, 0.717) is 17.7 Å². The number of amides is 3. The molecule has 0 bridgehead atoms. The highest BCUT2D eigenvalue weighted by atomic mass is 16.3. The van der Waals surface area contributed by atoms with Gasteiger partial charge in [0.05, 0.1) is 12.8 Å². The molecule has 0 radical (unpaired) electrons. The van der Waals surface area contributed by atoms with Gasteiger partial charge < -0.3 is 19.5 Å². The van der Waals surface area contributed by atoms with E-state index < -0.39 is 6.04 Å². The zero-order valence-corrected chi connectivity index (χ0v) is 18.2. The lowest BCUT2D eigenvalue weighted by atomic mass is 9.93. The van der Waals surface area contributed by atoms with E-state index in [2.05, 4.69) is 11.2 Å². The van der Waals surface area contributed by atoms with Crippen LogP contribution >= 0.6 is 0 Å². The van der Waals surface area contributed by atoms with Crippen molar-refractivity contribution in [2.24, 2.45) is 0 Å². The van der Waals surface area contributed by atoms with E-state index in [1.807, 2.05) is 24.3 Å². The minimum absolute atomic E-state index is 0.167. The molecule has 2 heterocycles. The van der Waals surface area contributed by atoms with Crippen LogP contribution in [-0.4, -0.2) is 47.2 Å². The van der Waals surface area contributed by atoms with Gasteiger partial charge in [0.15, 0.2) is 5.76 Å². The average molecular weight is 441 g/mol. The Morgan fingerprint density at radius 3 is 2.64 bits per heavy atom. The van der Waals surface area contributed by atoms with Crippen LogP contribution in [0.15, 0.2) is 71.3 Å². The summed E-state index contributed by atoms with van der Waals surface area (Å²) in [6, 6.07) is 17.1. The smallest absolute Gasteiger partial charge is 0.290 e. The Morgan fingerprint density at radius 2 is 1.91 bits per heavy atom. The second-order valence-electron chi connectivity index (χ2n) is 7.87. The van der Waals surface area contributed by atoms with E-state index >= 15 is 0 Å². The minimum atomic E-state index is -0.750. The number of anilines is 1. The Morgan fingerprint density at radius 1 is 1.12 bits per heavy atom. The predicted octanol–water partition coefficient (Wildman–Crippen LogP) is 2.93. The van der Waals surface area contributed by atoms with Crippen molar-refractivity contribution in [3.8, 4) is 12.3 Å². The van der Waals surface area contributed by atoms with Gasteiger partial charge in [-0.3, -0.25) is 14.4 Å². The summed E-state index contributed by atoms with van der Waals surface area (Å²) >= 11 is 0. The fraction of sp³-hybridized carbons (Fsp3) is 0.192. The molecule has 3 aromatic rings. The third kappa shape index (κ3) is 4.80. The van der Waals surface area contributed by atoms with E-state index in [9.17, 15) is 14.4 Å². The van der Waals surface area contributed by atoms with Gasteiger partial charge in [-0.05, 0) is 41.5 Å². The number of hydrogen-bond acceptors (Lipinski definition) is 4. The summed E-state index contributed by atoms with van der Waals surface area (Å²) < 4.78 is 5.28. The van der Waals surface area contributed by atoms with Gasteiger partial charge in [-0.25, -0.2) is 0 Å². The number of rotatable bonds is 5. The fourth-order valence-corrected chi connectivity index (χ4v) is 3.93. The highest BCUT2D eigenvalue weighted by Gasteiger charge is 2.37. The number of hydrogen-bond donors (Lipinski definition) is 1. The highest BCUT2D eigenvalue weighted by molar-refractivity contribution is 5.98. The van der Waals surface area contributed by atoms with Crippen LogP contribution in [-0.2, 0) is 22.6 Å². The van der Waals surface area contributed by atoms with Crippen molar-refractivity contribution in [2.75, 3.05) is 18.9 Å². The first kappa shape index (κ1) is 21.9. The van der Waals surface area contributed by atoms with Gasteiger partial charge in [0.25, 0.3) is 5.91 Å². The molecule has 1 aliphatic rings. The Kier molecular flexibility index (Phi) is 6.27. The monoisotopic (exact) mass is 441 g/mol. The highest BCUT2D eigenvalue weighted by Crippen LogP contribution is 2.26. The normalized spacial score (nSPS) is 14.7. The van der Waals surface area contributed by atoms with E-state index in [-0.39, 0.29) is 36.6 Å². The van der Waals surface area contributed by atoms with E-state index in [0.717, 1.165) is 11.1 Å². The van der Waals surface area contributed by atoms with Gasteiger partial charge in [-0.2, -0.15) is 0 Å². The molecule has 1 aliphatic heterocycles. The van der Waals surface area contributed by atoms with Gasteiger partial charge in [0.1, 0.15) is 6.04 Å². The topological polar surface area (TPSA) is 82.9 Å². The van der Waals surface area contributed by atoms with Crippen LogP contribution in [0.25, 0.3) is 0 Å². The van der Waals surface area contributed by atoms with E-state index in [4.69, 9.17) is 10.8 Å². The average Bonchev–Trinajstić information content (AvgIpc) is 3.37.